The third-order valence-electron chi connectivity index (χ3n) is 3.85. The fraction of sp³-hybridized carbons (Fsp3) is 0.400. The van der Waals surface area contributed by atoms with E-state index < -0.39 is 11.7 Å². The third-order valence-corrected chi connectivity index (χ3v) is 4.14. The van der Waals surface area contributed by atoms with Crippen molar-refractivity contribution in [2.75, 3.05) is 0 Å². The summed E-state index contributed by atoms with van der Waals surface area (Å²) < 4.78 is 41.1. The number of hydrogen-bond donors (Lipinski definition) is 0. The van der Waals surface area contributed by atoms with Crippen LogP contribution < -0.4 is 0 Å². The van der Waals surface area contributed by atoms with E-state index in [1.807, 2.05) is 0 Å². The second-order valence-electron chi connectivity index (χ2n) is 5.19. The lowest BCUT2D eigenvalue weighted by Gasteiger charge is -2.17. The van der Waals surface area contributed by atoms with E-state index in [4.69, 9.17) is 11.6 Å². The average molecular weight is 315 g/mol. The SMILES string of the molecule is FC(F)(F)c1cc(-n2cnc3c2CCCC3)ccc1CCl. The smallest absolute Gasteiger partial charge is 0.303 e. The van der Waals surface area contributed by atoms with Crippen molar-refractivity contribution < 1.29 is 13.2 Å². The summed E-state index contributed by atoms with van der Waals surface area (Å²) in [5.74, 6) is -0.156. The van der Waals surface area contributed by atoms with E-state index in [1.54, 1.807) is 17.0 Å². The van der Waals surface area contributed by atoms with Crippen LogP contribution in [0.5, 0.6) is 0 Å². The van der Waals surface area contributed by atoms with Gasteiger partial charge < -0.3 is 4.57 Å². The Labute approximate surface area is 125 Å². The van der Waals surface area contributed by atoms with Crippen LogP contribution in [-0.4, -0.2) is 9.55 Å². The number of imidazole rings is 1. The molecule has 2 nitrogen and oxygen atoms in total. The molecule has 6 heteroatoms. The highest BCUT2D eigenvalue weighted by Crippen LogP contribution is 2.35. The molecule has 2 aromatic rings. The summed E-state index contributed by atoms with van der Waals surface area (Å²) >= 11 is 5.61. The number of rotatable bonds is 2. The Morgan fingerprint density at radius 2 is 1.95 bits per heavy atom. The second-order valence-corrected chi connectivity index (χ2v) is 5.46. The van der Waals surface area contributed by atoms with E-state index in [0.29, 0.717) is 5.69 Å². The Morgan fingerprint density at radius 3 is 2.67 bits per heavy atom. The number of hydrogen-bond acceptors (Lipinski definition) is 1. The predicted octanol–water partition coefficient (Wildman–Crippen LogP) is 4.51. The summed E-state index contributed by atoms with van der Waals surface area (Å²) in [7, 11) is 0. The molecule has 3 rings (SSSR count). The molecule has 0 atom stereocenters. The molecule has 0 amide bonds. The van der Waals surface area contributed by atoms with Crippen molar-refractivity contribution in [2.45, 2.75) is 37.7 Å². The molecular weight excluding hydrogens is 301 g/mol. The summed E-state index contributed by atoms with van der Waals surface area (Å²) in [5, 5.41) is 0. The van der Waals surface area contributed by atoms with Gasteiger partial charge in [-0.05, 0) is 43.4 Å². The number of halogens is 4. The summed E-state index contributed by atoms with van der Waals surface area (Å²) in [4.78, 5) is 4.32. The van der Waals surface area contributed by atoms with Crippen molar-refractivity contribution in [1.82, 2.24) is 9.55 Å². The summed E-state index contributed by atoms with van der Waals surface area (Å²) in [5.41, 5.74) is 1.94. The van der Waals surface area contributed by atoms with Crippen LogP contribution in [0.15, 0.2) is 24.5 Å². The van der Waals surface area contributed by atoms with Crippen molar-refractivity contribution in [3.8, 4) is 5.69 Å². The fourth-order valence-corrected chi connectivity index (χ4v) is 3.02. The van der Waals surface area contributed by atoms with E-state index >= 15 is 0 Å². The molecule has 1 aliphatic rings. The number of alkyl halides is 4. The first-order valence-electron chi connectivity index (χ1n) is 6.82. The fourth-order valence-electron chi connectivity index (χ4n) is 2.79. The minimum atomic E-state index is -4.40. The number of benzene rings is 1. The molecule has 0 spiro atoms. The summed E-state index contributed by atoms with van der Waals surface area (Å²) in [6, 6.07) is 4.28. The maximum Gasteiger partial charge on any atom is 0.416 e. The topological polar surface area (TPSA) is 17.8 Å². The van der Waals surface area contributed by atoms with Gasteiger partial charge in [-0.25, -0.2) is 4.98 Å². The Bertz CT molecular complexity index is 661. The van der Waals surface area contributed by atoms with Crippen LogP contribution in [-0.2, 0) is 24.9 Å². The first-order chi connectivity index (χ1) is 10.0. The Balaban J connectivity index is 2.09. The normalized spacial score (nSPS) is 15.0. The predicted molar refractivity (Wildman–Crippen MR) is 74.8 cm³/mol. The van der Waals surface area contributed by atoms with Crippen LogP contribution >= 0.6 is 11.6 Å². The van der Waals surface area contributed by atoms with Gasteiger partial charge in [0, 0.05) is 17.3 Å². The number of aryl methyl sites for hydroxylation is 1. The molecule has 1 heterocycles. The van der Waals surface area contributed by atoms with Crippen molar-refractivity contribution in [3.05, 3.63) is 47.0 Å². The minimum absolute atomic E-state index is 0.0990. The van der Waals surface area contributed by atoms with Gasteiger partial charge in [0.25, 0.3) is 0 Å². The molecule has 1 aromatic heterocycles. The first-order valence-corrected chi connectivity index (χ1v) is 7.35. The number of aromatic nitrogens is 2. The zero-order valence-corrected chi connectivity index (χ0v) is 12.0. The van der Waals surface area contributed by atoms with Gasteiger partial charge in [-0.3, -0.25) is 0 Å². The van der Waals surface area contributed by atoms with Gasteiger partial charge in [-0.1, -0.05) is 6.07 Å². The van der Waals surface area contributed by atoms with Crippen LogP contribution in [0.3, 0.4) is 0 Å². The molecule has 0 saturated carbocycles. The molecule has 1 aliphatic carbocycles. The zero-order chi connectivity index (χ0) is 15.0. The second kappa shape index (κ2) is 5.37. The first kappa shape index (κ1) is 14.4. The molecule has 0 radical (unpaired) electrons. The number of fused-ring (bicyclic) bond motifs is 1. The van der Waals surface area contributed by atoms with E-state index in [1.165, 1.54) is 6.07 Å². The molecule has 0 N–H and O–H groups in total. The maximum atomic E-state index is 13.1. The Hall–Kier alpha value is -1.49. The van der Waals surface area contributed by atoms with Crippen LogP contribution in [0.4, 0.5) is 13.2 Å². The molecule has 0 unspecified atom stereocenters. The van der Waals surface area contributed by atoms with Gasteiger partial charge in [-0.2, -0.15) is 13.2 Å². The van der Waals surface area contributed by atoms with E-state index in [9.17, 15) is 13.2 Å². The van der Waals surface area contributed by atoms with Crippen LogP contribution in [0.1, 0.15) is 35.4 Å². The third kappa shape index (κ3) is 2.67. The van der Waals surface area contributed by atoms with E-state index in [-0.39, 0.29) is 11.4 Å². The monoisotopic (exact) mass is 314 g/mol. The van der Waals surface area contributed by atoms with Gasteiger partial charge in [-0.15, -0.1) is 11.6 Å². The average Bonchev–Trinajstić information content (AvgIpc) is 2.89. The van der Waals surface area contributed by atoms with Crippen LogP contribution in [0, 0.1) is 0 Å². The lowest BCUT2D eigenvalue weighted by Crippen LogP contribution is -2.11. The summed E-state index contributed by atoms with van der Waals surface area (Å²) in [6.45, 7) is 0. The molecule has 0 bridgehead atoms. The highest BCUT2D eigenvalue weighted by Gasteiger charge is 2.33. The van der Waals surface area contributed by atoms with Gasteiger partial charge in [0.1, 0.15) is 0 Å². The Morgan fingerprint density at radius 1 is 1.19 bits per heavy atom. The Kier molecular flexibility index (Phi) is 3.69. The van der Waals surface area contributed by atoms with Crippen molar-refractivity contribution >= 4 is 11.6 Å². The quantitative estimate of drug-likeness (QED) is 0.746. The molecule has 0 fully saturated rings. The maximum absolute atomic E-state index is 13.1. The molecule has 1 aromatic carbocycles. The highest BCUT2D eigenvalue weighted by molar-refractivity contribution is 6.17. The molecular formula is C15H14ClF3N2. The van der Waals surface area contributed by atoms with Gasteiger partial charge in [0.2, 0.25) is 0 Å². The van der Waals surface area contributed by atoms with Crippen molar-refractivity contribution in [1.29, 1.82) is 0 Å². The van der Waals surface area contributed by atoms with Crippen molar-refractivity contribution in [2.24, 2.45) is 0 Å². The minimum Gasteiger partial charge on any atom is -0.303 e. The molecule has 112 valence electrons. The number of nitrogens with zero attached hydrogens (tertiary/aromatic N) is 2. The van der Waals surface area contributed by atoms with Gasteiger partial charge in [0.15, 0.2) is 0 Å². The van der Waals surface area contributed by atoms with E-state index in [2.05, 4.69) is 4.98 Å². The van der Waals surface area contributed by atoms with Gasteiger partial charge in [0.05, 0.1) is 17.6 Å². The summed E-state index contributed by atoms with van der Waals surface area (Å²) in [6.07, 6.45) is 1.10. The lowest BCUT2D eigenvalue weighted by molar-refractivity contribution is -0.138. The highest BCUT2D eigenvalue weighted by atomic mass is 35.5. The molecule has 0 saturated heterocycles. The van der Waals surface area contributed by atoms with Crippen molar-refractivity contribution in [3.63, 3.8) is 0 Å². The van der Waals surface area contributed by atoms with E-state index in [0.717, 1.165) is 43.1 Å². The van der Waals surface area contributed by atoms with Crippen LogP contribution in [0.2, 0.25) is 0 Å². The standard InChI is InChI=1S/C15H14ClF3N2/c16-8-10-5-6-11(7-12(10)15(17,18)19)21-9-20-13-3-1-2-4-14(13)21/h5-7,9H,1-4,8H2. The molecule has 21 heavy (non-hydrogen) atoms. The largest absolute Gasteiger partial charge is 0.416 e. The molecule has 0 aliphatic heterocycles. The zero-order valence-electron chi connectivity index (χ0n) is 11.3. The van der Waals surface area contributed by atoms with Gasteiger partial charge >= 0.3 is 6.18 Å². The lowest BCUT2D eigenvalue weighted by atomic mass is 10.0. The van der Waals surface area contributed by atoms with Crippen LogP contribution in [0.25, 0.3) is 5.69 Å².